The number of nitrogens with one attached hydrogen (secondary N) is 2. The largest absolute Gasteiger partial charge is 0.464 e. The van der Waals surface area contributed by atoms with Gasteiger partial charge in [0.2, 0.25) is 17.8 Å². The van der Waals surface area contributed by atoms with E-state index in [1.165, 1.54) is 0 Å². The van der Waals surface area contributed by atoms with Gasteiger partial charge in [-0.15, -0.1) is 0 Å². The van der Waals surface area contributed by atoms with Crippen LogP contribution in [0.1, 0.15) is 13.3 Å². The molecular weight excluding hydrogens is 248 g/mol. The smallest absolute Gasteiger partial charge is 0.323 e. The summed E-state index contributed by atoms with van der Waals surface area (Å²) in [5.74, 6) is 1.03. The summed E-state index contributed by atoms with van der Waals surface area (Å²) in [5, 5.41) is 5.69. The molecule has 1 aliphatic heterocycles. The first-order valence-corrected chi connectivity index (χ1v) is 6.31. The fraction of sp³-hybridized carbons (Fsp3) is 0.636. The van der Waals surface area contributed by atoms with Gasteiger partial charge in [0.15, 0.2) is 0 Å². The van der Waals surface area contributed by atoms with Crippen molar-refractivity contribution in [2.75, 3.05) is 43.5 Å². The lowest BCUT2D eigenvalue weighted by Gasteiger charge is -2.19. The van der Waals surface area contributed by atoms with E-state index < -0.39 is 0 Å². The van der Waals surface area contributed by atoms with Gasteiger partial charge in [-0.1, -0.05) is 0 Å². The number of anilines is 2. The molecule has 0 radical (unpaired) electrons. The van der Waals surface area contributed by atoms with Crippen LogP contribution in [0, 0.1) is 0 Å². The Hall–Kier alpha value is -2.12. The van der Waals surface area contributed by atoms with Crippen LogP contribution in [0.3, 0.4) is 0 Å². The molecule has 8 nitrogen and oxygen atoms in total. The summed E-state index contributed by atoms with van der Waals surface area (Å²) in [4.78, 5) is 25.9. The molecule has 0 unspecified atom stereocenters. The van der Waals surface area contributed by atoms with Crippen LogP contribution in [-0.2, 0) is 4.79 Å². The Labute approximate surface area is 111 Å². The Morgan fingerprint density at radius 3 is 2.95 bits per heavy atom. The Morgan fingerprint density at radius 1 is 1.37 bits per heavy atom. The number of carbonyl (C=O) groups excluding carboxylic acids is 1. The number of hydrogen-bond acceptors (Lipinski definition) is 7. The minimum absolute atomic E-state index is 0.0513. The summed E-state index contributed by atoms with van der Waals surface area (Å²) in [6.07, 6.45) is 0.435. The predicted octanol–water partition coefficient (Wildman–Crippen LogP) is -0.362. The molecule has 0 spiro atoms. The minimum atomic E-state index is 0.0513. The summed E-state index contributed by atoms with van der Waals surface area (Å²) in [5.41, 5.74) is 0. The van der Waals surface area contributed by atoms with E-state index in [1.54, 1.807) is 7.05 Å². The number of hydrogen-bond donors (Lipinski definition) is 2. The number of ether oxygens (including phenoxy) is 1. The van der Waals surface area contributed by atoms with Crippen molar-refractivity contribution in [1.29, 1.82) is 0 Å². The standard InChI is InChI=1S/C11H18N6O2/c1-3-19-11-15-9(12-2)14-10(16-11)17-6-4-8(18)13-5-7-17/h3-7H2,1-2H3,(H,13,18)(H,12,14,15,16). The van der Waals surface area contributed by atoms with Gasteiger partial charge in [-0.2, -0.15) is 15.0 Å². The van der Waals surface area contributed by atoms with Gasteiger partial charge in [-0.25, -0.2) is 0 Å². The predicted molar refractivity (Wildman–Crippen MR) is 70.4 cm³/mol. The topological polar surface area (TPSA) is 92.3 Å². The highest BCUT2D eigenvalue weighted by Gasteiger charge is 2.18. The number of amides is 1. The van der Waals surface area contributed by atoms with Crippen molar-refractivity contribution in [3.05, 3.63) is 0 Å². The van der Waals surface area contributed by atoms with Gasteiger partial charge in [0.25, 0.3) is 0 Å². The molecule has 2 heterocycles. The van der Waals surface area contributed by atoms with Crippen molar-refractivity contribution in [1.82, 2.24) is 20.3 Å². The number of carbonyl (C=O) groups is 1. The zero-order valence-corrected chi connectivity index (χ0v) is 11.1. The maximum absolute atomic E-state index is 11.3. The van der Waals surface area contributed by atoms with Gasteiger partial charge in [0.05, 0.1) is 6.61 Å². The maximum Gasteiger partial charge on any atom is 0.323 e. The summed E-state index contributed by atoms with van der Waals surface area (Å²) >= 11 is 0. The van der Waals surface area contributed by atoms with Gasteiger partial charge >= 0.3 is 6.01 Å². The number of aromatic nitrogens is 3. The van der Waals surface area contributed by atoms with Gasteiger partial charge in [-0.3, -0.25) is 4.79 Å². The SMILES string of the molecule is CCOc1nc(NC)nc(N2CCNC(=O)CC2)n1. The zero-order valence-electron chi connectivity index (χ0n) is 11.1. The second kappa shape index (κ2) is 6.17. The lowest BCUT2D eigenvalue weighted by Crippen LogP contribution is -2.30. The minimum Gasteiger partial charge on any atom is -0.464 e. The van der Waals surface area contributed by atoms with E-state index in [0.29, 0.717) is 50.6 Å². The highest BCUT2D eigenvalue weighted by molar-refractivity contribution is 5.77. The molecule has 0 bridgehead atoms. The van der Waals surface area contributed by atoms with Crippen LogP contribution in [0.15, 0.2) is 0 Å². The van der Waals surface area contributed by atoms with Crippen molar-refractivity contribution >= 4 is 17.8 Å². The van der Waals surface area contributed by atoms with E-state index >= 15 is 0 Å². The zero-order chi connectivity index (χ0) is 13.7. The number of nitrogens with zero attached hydrogens (tertiary/aromatic N) is 4. The molecule has 1 aromatic heterocycles. The van der Waals surface area contributed by atoms with Crippen molar-refractivity contribution in [3.63, 3.8) is 0 Å². The van der Waals surface area contributed by atoms with Crippen molar-refractivity contribution in [3.8, 4) is 6.01 Å². The summed E-state index contributed by atoms with van der Waals surface area (Å²) in [6, 6.07) is 0.292. The van der Waals surface area contributed by atoms with Gasteiger partial charge in [-0.05, 0) is 6.92 Å². The molecule has 0 atom stereocenters. The Bertz CT molecular complexity index is 453. The molecule has 1 saturated heterocycles. The summed E-state index contributed by atoms with van der Waals surface area (Å²) < 4.78 is 5.32. The van der Waals surface area contributed by atoms with Crippen molar-refractivity contribution in [2.24, 2.45) is 0 Å². The van der Waals surface area contributed by atoms with Crippen LogP contribution in [0.2, 0.25) is 0 Å². The molecule has 0 aliphatic carbocycles. The molecule has 0 saturated carbocycles. The van der Waals surface area contributed by atoms with Crippen LogP contribution in [-0.4, -0.2) is 54.1 Å². The molecule has 19 heavy (non-hydrogen) atoms. The van der Waals surface area contributed by atoms with Crippen LogP contribution < -0.4 is 20.3 Å². The van der Waals surface area contributed by atoms with Gasteiger partial charge in [0.1, 0.15) is 0 Å². The monoisotopic (exact) mass is 266 g/mol. The molecule has 8 heteroatoms. The van der Waals surface area contributed by atoms with E-state index in [-0.39, 0.29) is 5.91 Å². The Morgan fingerprint density at radius 2 is 2.21 bits per heavy atom. The van der Waals surface area contributed by atoms with E-state index in [4.69, 9.17) is 4.74 Å². The highest BCUT2D eigenvalue weighted by Crippen LogP contribution is 2.15. The first-order chi connectivity index (χ1) is 9.22. The third-order valence-electron chi connectivity index (χ3n) is 2.70. The number of rotatable bonds is 4. The Balaban J connectivity index is 2.21. The molecule has 0 aromatic carbocycles. The normalized spacial score (nSPS) is 15.7. The summed E-state index contributed by atoms with van der Waals surface area (Å²) in [7, 11) is 1.74. The van der Waals surface area contributed by atoms with Gasteiger partial charge in [0, 0.05) is 33.1 Å². The lowest BCUT2D eigenvalue weighted by atomic mass is 10.4. The third-order valence-corrected chi connectivity index (χ3v) is 2.70. The molecule has 1 aliphatic rings. The van der Waals surface area contributed by atoms with Crippen LogP contribution >= 0.6 is 0 Å². The first-order valence-electron chi connectivity index (χ1n) is 6.31. The van der Waals surface area contributed by atoms with E-state index in [0.717, 1.165) is 0 Å². The molecule has 1 aromatic rings. The van der Waals surface area contributed by atoms with Gasteiger partial charge < -0.3 is 20.3 Å². The lowest BCUT2D eigenvalue weighted by molar-refractivity contribution is -0.120. The quantitative estimate of drug-likeness (QED) is 0.768. The molecule has 2 rings (SSSR count). The fourth-order valence-corrected chi connectivity index (χ4v) is 1.76. The Kier molecular flexibility index (Phi) is 4.32. The van der Waals surface area contributed by atoms with E-state index in [9.17, 15) is 4.79 Å². The van der Waals surface area contributed by atoms with Crippen molar-refractivity contribution < 1.29 is 9.53 Å². The van der Waals surface area contributed by atoms with Crippen LogP contribution in [0.25, 0.3) is 0 Å². The molecule has 2 N–H and O–H groups in total. The second-order valence-corrected chi connectivity index (χ2v) is 4.01. The molecule has 1 amide bonds. The third kappa shape index (κ3) is 3.43. The molecule has 1 fully saturated rings. The fourth-order valence-electron chi connectivity index (χ4n) is 1.76. The average molecular weight is 266 g/mol. The van der Waals surface area contributed by atoms with Crippen LogP contribution in [0.4, 0.5) is 11.9 Å². The average Bonchev–Trinajstić information content (AvgIpc) is 2.63. The first kappa shape index (κ1) is 13.3. The second-order valence-electron chi connectivity index (χ2n) is 4.01. The molecule has 104 valence electrons. The van der Waals surface area contributed by atoms with Crippen LogP contribution in [0.5, 0.6) is 6.01 Å². The molecular formula is C11H18N6O2. The van der Waals surface area contributed by atoms with E-state index in [2.05, 4.69) is 25.6 Å². The highest BCUT2D eigenvalue weighted by atomic mass is 16.5. The van der Waals surface area contributed by atoms with Crippen molar-refractivity contribution in [2.45, 2.75) is 13.3 Å². The summed E-state index contributed by atoms with van der Waals surface area (Å²) in [6.45, 7) is 4.21. The maximum atomic E-state index is 11.3. The van der Waals surface area contributed by atoms with E-state index in [1.807, 2.05) is 11.8 Å².